The van der Waals surface area contributed by atoms with Crippen LogP contribution in [0.5, 0.6) is 0 Å². The first-order chi connectivity index (χ1) is 10.0. The summed E-state index contributed by atoms with van der Waals surface area (Å²) >= 11 is 0. The van der Waals surface area contributed by atoms with E-state index in [1.807, 2.05) is 12.1 Å². The van der Waals surface area contributed by atoms with Crippen molar-refractivity contribution in [3.05, 3.63) is 71.1 Å². The molecule has 108 valence electrons. The van der Waals surface area contributed by atoms with E-state index in [4.69, 9.17) is 10.3 Å². The maximum atomic E-state index is 12.8. The first kappa shape index (κ1) is 16.3. The fraction of sp³-hybridized carbons (Fsp3) is 0. The predicted octanol–water partition coefficient (Wildman–Crippen LogP) is 2.25. The van der Waals surface area contributed by atoms with Gasteiger partial charge in [0.05, 0.1) is 0 Å². The monoisotopic (exact) mass is 303 g/mol. The van der Waals surface area contributed by atoms with Crippen LogP contribution in [0.1, 0.15) is 0 Å². The summed E-state index contributed by atoms with van der Waals surface area (Å²) < 4.78 is 12.8. The Labute approximate surface area is 121 Å². The van der Waals surface area contributed by atoms with Gasteiger partial charge in [0.1, 0.15) is 0 Å². The lowest BCUT2D eigenvalue weighted by molar-refractivity contribution is 0.256. The third kappa shape index (κ3) is 4.69. The summed E-state index contributed by atoms with van der Waals surface area (Å²) in [6.45, 7) is 0. The van der Waals surface area contributed by atoms with Gasteiger partial charge in [-0.15, -0.1) is 0 Å². The zero-order valence-corrected chi connectivity index (χ0v) is 11.9. The molecule has 0 spiro atoms. The third-order valence-corrected chi connectivity index (χ3v) is 4.71. The first-order valence-electron chi connectivity index (χ1n) is 5.83. The Kier molecular flexibility index (Phi) is 6.01. The molecule has 0 aliphatic rings. The van der Waals surface area contributed by atoms with Crippen LogP contribution < -0.4 is 22.1 Å². The summed E-state index contributed by atoms with van der Waals surface area (Å²) in [5.74, 6) is 0. The van der Waals surface area contributed by atoms with Crippen molar-refractivity contribution in [3.63, 3.8) is 0 Å². The van der Waals surface area contributed by atoms with Crippen LogP contribution in [-0.2, 0) is 4.57 Å². The Balaban J connectivity index is 0.000000491. The highest BCUT2D eigenvalue weighted by atomic mass is 31.2. The van der Waals surface area contributed by atoms with Gasteiger partial charge < -0.3 is 16.0 Å². The molecule has 0 unspecified atom stereocenters. The molecule has 0 saturated carbocycles. The minimum absolute atomic E-state index is 0.545. The van der Waals surface area contributed by atoms with Gasteiger partial charge in [-0.2, -0.15) is 0 Å². The molecule has 2 aromatic carbocycles. The number of urea groups is 1. The van der Waals surface area contributed by atoms with Gasteiger partial charge in [-0.05, 0) is 10.4 Å². The lowest BCUT2D eigenvalue weighted by Gasteiger charge is -2.12. The quantitative estimate of drug-likeness (QED) is 0.389. The summed E-state index contributed by atoms with van der Waals surface area (Å²) in [5.41, 5.74) is 17.1. The van der Waals surface area contributed by atoms with E-state index in [1.165, 1.54) is 0 Å². The molecule has 0 bridgehead atoms. The van der Waals surface area contributed by atoms with Crippen LogP contribution in [0.3, 0.4) is 0 Å². The molecule has 0 aliphatic carbocycles. The Hall–Kier alpha value is -2.75. The standard InChI is InChI=1S/C12H10N3OP.CH4N2O/c13-14-15-17(16,11-7-3-1-4-8-11)12-9-5-2-6-10-12;2-1(3)4/h1-10H;(H4,2,3,4). The van der Waals surface area contributed by atoms with Gasteiger partial charge >= 0.3 is 6.03 Å². The highest BCUT2D eigenvalue weighted by Gasteiger charge is 2.25. The van der Waals surface area contributed by atoms with E-state index in [0.29, 0.717) is 10.6 Å². The van der Waals surface area contributed by atoms with Crippen LogP contribution >= 0.6 is 7.29 Å². The number of nitrogens with two attached hydrogens (primary N) is 2. The van der Waals surface area contributed by atoms with Gasteiger partial charge in [0.25, 0.3) is 0 Å². The molecular formula is C13H14N5O2P. The SMILES string of the molecule is NC(N)=O.[N-]=[N+]=NP(=O)(c1ccccc1)c1ccccc1. The van der Waals surface area contributed by atoms with Crippen molar-refractivity contribution in [1.82, 2.24) is 0 Å². The van der Waals surface area contributed by atoms with Crippen molar-refractivity contribution in [3.8, 4) is 0 Å². The van der Waals surface area contributed by atoms with Crippen LogP contribution in [0.4, 0.5) is 4.79 Å². The number of benzene rings is 2. The topological polar surface area (TPSA) is 135 Å². The smallest absolute Gasteiger partial charge is 0.309 e. The Morgan fingerprint density at radius 2 is 1.29 bits per heavy atom. The average molecular weight is 303 g/mol. The number of hydrogen-bond acceptors (Lipinski definition) is 2. The number of carbonyl (C=O) groups excluding carboxylic acids is 1. The second kappa shape index (κ2) is 7.75. The minimum atomic E-state index is -3.22. The fourth-order valence-electron chi connectivity index (χ4n) is 1.57. The lowest BCUT2D eigenvalue weighted by Crippen LogP contribution is -2.18. The maximum Gasteiger partial charge on any atom is 0.309 e. The third-order valence-electron chi connectivity index (χ3n) is 2.38. The van der Waals surface area contributed by atoms with Gasteiger partial charge in [-0.1, -0.05) is 60.7 Å². The van der Waals surface area contributed by atoms with Crippen LogP contribution in [0, 0.1) is 0 Å². The molecule has 7 nitrogen and oxygen atoms in total. The van der Waals surface area contributed by atoms with E-state index in [1.54, 1.807) is 48.5 Å². The van der Waals surface area contributed by atoms with Crippen molar-refractivity contribution in [2.45, 2.75) is 0 Å². The molecule has 2 amide bonds. The largest absolute Gasteiger partial charge is 0.352 e. The van der Waals surface area contributed by atoms with Crippen molar-refractivity contribution in [2.75, 3.05) is 0 Å². The summed E-state index contributed by atoms with van der Waals surface area (Å²) in [7, 11) is -3.22. The van der Waals surface area contributed by atoms with Crippen LogP contribution in [0.25, 0.3) is 10.4 Å². The Bertz CT molecular complexity index is 637. The van der Waals surface area contributed by atoms with E-state index in [-0.39, 0.29) is 0 Å². The normalized spacial score (nSPS) is 9.71. The Morgan fingerprint density at radius 3 is 1.57 bits per heavy atom. The molecule has 2 aromatic rings. The van der Waals surface area contributed by atoms with Gasteiger partial charge in [0, 0.05) is 15.5 Å². The number of amides is 2. The van der Waals surface area contributed by atoms with Crippen LogP contribution in [0.15, 0.2) is 65.5 Å². The molecule has 2 rings (SSSR count). The van der Waals surface area contributed by atoms with Crippen LogP contribution in [-0.4, -0.2) is 6.03 Å². The molecule has 0 radical (unpaired) electrons. The predicted molar refractivity (Wildman–Crippen MR) is 82.7 cm³/mol. The second-order valence-corrected chi connectivity index (χ2v) is 6.19. The Morgan fingerprint density at radius 1 is 0.952 bits per heavy atom. The molecule has 4 N–H and O–H groups in total. The summed E-state index contributed by atoms with van der Waals surface area (Å²) in [5, 5.41) is 1.09. The van der Waals surface area contributed by atoms with Crippen molar-refractivity contribution in [2.24, 2.45) is 16.4 Å². The molecular weight excluding hydrogens is 289 g/mol. The molecule has 0 heterocycles. The van der Waals surface area contributed by atoms with Gasteiger partial charge in [0.2, 0.25) is 7.29 Å². The van der Waals surface area contributed by atoms with E-state index < -0.39 is 13.3 Å². The molecule has 0 atom stereocenters. The molecule has 21 heavy (non-hydrogen) atoms. The van der Waals surface area contributed by atoms with Crippen molar-refractivity contribution < 1.29 is 9.36 Å². The summed E-state index contributed by atoms with van der Waals surface area (Å²) in [4.78, 5) is 15.3. The lowest BCUT2D eigenvalue weighted by atomic mass is 10.4. The maximum absolute atomic E-state index is 12.8. The van der Waals surface area contributed by atoms with Gasteiger partial charge in [-0.3, -0.25) is 0 Å². The molecule has 0 aromatic heterocycles. The zero-order chi connectivity index (χ0) is 15.7. The van der Waals surface area contributed by atoms with Crippen molar-refractivity contribution >= 4 is 23.9 Å². The highest BCUT2D eigenvalue weighted by Crippen LogP contribution is 2.44. The number of carbonyl (C=O) groups is 1. The van der Waals surface area contributed by atoms with Gasteiger partial charge in [-0.25, -0.2) is 4.79 Å². The molecule has 0 saturated heterocycles. The van der Waals surface area contributed by atoms with Crippen LogP contribution in [0.2, 0.25) is 0 Å². The van der Waals surface area contributed by atoms with E-state index in [9.17, 15) is 4.57 Å². The highest BCUT2D eigenvalue weighted by molar-refractivity contribution is 7.77. The van der Waals surface area contributed by atoms with E-state index in [0.717, 1.165) is 0 Å². The molecule has 0 fully saturated rings. The zero-order valence-electron chi connectivity index (χ0n) is 11.0. The first-order valence-corrected chi connectivity index (χ1v) is 7.49. The molecule has 8 heteroatoms. The number of nitrogens with zero attached hydrogens (tertiary/aromatic N) is 3. The van der Waals surface area contributed by atoms with E-state index in [2.05, 4.69) is 21.3 Å². The number of azide groups is 1. The number of hydrogen-bond donors (Lipinski definition) is 2. The van der Waals surface area contributed by atoms with Crippen molar-refractivity contribution in [1.29, 1.82) is 0 Å². The van der Waals surface area contributed by atoms with Gasteiger partial charge in [0.15, 0.2) is 0 Å². The minimum Gasteiger partial charge on any atom is -0.352 e. The van der Waals surface area contributed by atoms with E-state index >= 15 is 0 Å². The number of rotatable bonds is 3. The second-order valence-electron chi connectivity index (χ2n) is 3.83. The number of primary amides is 2. The summed E-state index contributed by atoms with van der Waals surface area (Å²) in [6, 6.07) is 16.8. The summed E-state index contributed by atoms with van der Waals surface area (Å²) in [6.07, 6.45) is 0. The average Bonchev–Trinajstić information content (AvgIpc) is 2.49. The molecule has 0 aliphatic heterocycles. The fourth-order valence-corrected chi connectivity index (χ4v) is 3.34.